The summed E-state index contributed by atoms with van der Waals surface area (Å²) in [4.78, 5) is 0. The average molecular weight is 218 g/mol. The van der Waals surface area contributed by atoms with E-state index in [2.05, 4.69) is 35.5 Å². The van der Waals surface area contributed by atoms with Crippen LogP contribution in [0.2, 0.25) is 0 Å². The second-order valence-electron chi connectivity index (χ2n) is 3.11. The Kier molecular flexibility index (Phi) is 12.4. The van der Waals surface area contributed by atoms with Gasteiger partial charge in [-0.15, -0.1) is 5.92 Å². The van der Waals surface area contributed by atoms with E-state index in [-0.39, 0.29) is 13.2 Å². The zero-order valence-electron chi connectivity index (χ0n) is 9.55. The predicted molar refractivity (Wildman–Crippen MR) is 65.2 cm³/mol. The lowest BCUT2D eigenvalue weighted by molar-refractivity contribution is 0.283. The number of aliphatic hydroxyl groups excluding tert-OH is 2. The molecule has 0 amide bonds. The average Bonchev–Trinajstić information content (AvgIpc) is 2.31. The lowest BCUT2D eigenvalue weighted by Gasteiger charge is -1.90. The predicted octanol–water partition coefficient (Wildman–Crippen LogP) is 1.32. The molecule has 0 bridgehead atoms. The van der Waals surface area contributed by atoms with Gasteiger partial charge in [-0.1, -0.05) is 36.0 Å². The molecule has 0 heterocycles. The van der Waals surface area contributed by atoms with Crippen molar-refractivity contribution in [2.45, 2.75) is 38.5 Å². The molecule has 0 aliphatic heterocycles. The monoisotopic (exact) mass is 218 g/mol. The smallest absolute Gasteiger partial charge is 0.104 e. The van der Waals surface area contributed by atoms with Crippen LogP contribution in [0.4, 0.5) is 0 Å². The van der Waals surface area contributed by atoms with Crippen molar-refractivity contribution in [3.05, 3.63) is 0 Å². The van der Waals surface area contributed by atoms with Crippen LogP contribution >= 0.6 is 0 Å². The lowest BCUT2D eigenvalue weighted by Crippen LogP contribution is -1.81. The quantitative estimate of drug-likeness (QED) is 0.552. The van der Waals surface area contributed by atoms with Crippen molar-refractivity contribution in [1.29, 1.82) is 0 Å². The largest absolute Gasteiger partial charge is 0.396 e. The van der Waals surface area contributed by atoms with Gasteiger partial charge < -0.3 is 10.2 Å². The zero-order chi connectivity index (χ0) is 11.9. The van der Waals surface area contributed by atoms with Crippen LogP contribution in [0.3, 0.4) is 0 Å². The molecule has 0 fully saturated rings. The SMILES string of the molecule is OCC#CCC#CCC#CCCCCCO. The molecular weight excluding hydrogens is 200 g/mol. The van der Waals surface area contributed by atoms with E-state index in [4.69, 9.17) is 10.2 Å². The van der Waals surface area contributed by atoms with Gasteiger partial charge in [-0.25, -0.2) is 0 Å². The highest BCUT2D eigenvalue weighted by atomic mass is 16.3. The molecule has 0 atom stereocenters. The van der Waals surface area contributed by atoms with Gasteiger partial charge in [0, 0.05) is 13.0 Å². The van der Waals surface area contributed by atoms with E-state index in [1.165, 1.54) is 0 Å². The molecule has 2 N–H and O–H groups in total. The first-order chi connectivity index (χ1) is 7.91. The number of unbranched alkanes of at least 4 members (excludes halogenated alkanes) is 3. The fourth-order valence-electron chi connectivity index (χ4n) is 0.985. The molecule has 16 heavy (non-hydrogen) atoms. The first kappa shape index (κ1) is 14.6. The summed E-state index contributed by atoms with van der Waals surface area (Å²) in [6.45, 7) is 0.170. The second-order valence-corrected chi connectivity index (χ2v) is 3.11. The summed E-state index contributed by atoms with van der Waals surface area (Å²) in [6.07, 6.45) is 4.91. The van der Waals surface area contributed by atoms with Crippen LogP contribution in [0.5, 0.6) is 0 Å². The van der Waals surface area contributed by atoms with Crippen LogP contribution in [0.25, 0.3) is 0 Å². The van der Waals surface area contributed by atoms with Crippen molar-refractivity contribution >= 4 is 0 Å². The maximum atomic E-state index is 8.55. The van der Waals surface area contributed by atoms with Crippen molar-refractivity contribution in [3.8, 4) is 35.5 Å². The van der Waals surface area contributed by atoms with Crippen molar-refractivity contribution in [2.75, 3.05) is 13.2 Å². The van der Waals surface area contributed by atoms with Gasteiger partial charge in [0.05, 0.1) is 12.8 Å². The van der Waals surface area contributed by atoms with E-state index in [0.717, 1.165) is 25.7 Å². The minimum absolute atomic E-state index is 0.102. The van der Waals surface area contributed by atoms with E-state index < -0.39 is 0 Å². The van der Waals surface area contributed by atoms with Gasteiger partial charge in [-0.2, -0.15) is 0 Å². The van der Waals surface area contributed by atoms with Gasteiger partial charge in [0.25, 0.3) is 0 Å². The number of hydrogen-bond acceptors (Lipinski definition) is 2. The van der Waals surface area contributed by atoms with E-state index in [1.54, 1.807) is 0 Å². The van der Waals surface area contributed by atoms with Crippen LogP contribution < -0.4 is 0 Å². The molecule has 0 rings (SSSR count). The molecule has 0 spiro atoms. The maximum Gasteiger partial charge on any atom is 0.104 e. The molecule has 0 aromatic carbocycles. The van der Waals surface area contributed by atoms with Gasteiger partial charge in [-0.05, 0) is 12.8 Å². The molecule has 86 valence electrons. The lowest BCUT2D eigenvalue weighted by atomic mass is 10.2. The topological polar surface area (TPSA) is 40.5 Å². The number of rotatable bonds is 4. The summed E-state index contributed by atoms with van der Waals surface area (Å²) in [5, 5.41) is 16.9. The van der Waals surface area contributed by atoms with Crippen LogP contribution in [-0.2, 0) is 0 Å². The van der Waals surface area contributed by atoms with Crippen LogP contribution in [0, 0.1) is 35.5 Å². The molecule has 0 saturated heterocycles. The van der Waals surface area contributed by atoms with E-state index >= 15 is 0 Å². The van der Waals surface area contributed by atoms with Gasteiger partial charge in [-0.3, -0.25) is 0 Å². The second kappa shape index (κ2) is 13.6. The van der Waals surface area contributed by atoms with Gasteiger partial charge in [0.2, 0.25) is 0 Å². The van der Waals surface area contributed by atoms with Gasteiger partial charge in [0.1, 0.15) is 6.61 Å². The first-order valence-corrected chi connectivity index (χ1v) is 5.50. The molecule has 0 aromatic rings. The minimum atomic E-state index is -0.102. The van der Waals surface area contributed by atoms with E-state index in [0.29, 0.717) is 12.8 Å². The van der Waals surface area contributed by atoms with Gasteiger partial charge >= 0.3 is 0 Å². The van der Waals surface area contributed by atoms with Crippen molar-refractivity contribution in [3.63, 3.8) is 0 Å². The molecule has 0 aliphatic carbocycles. The van der Waals surface area contributed by atoms with Crippen LogP contribution in [-0.4, -0.2) is 23.4 Å². The highest BCUT2D eigenvalue weighted by molar-refractivity contribution is 5.16. The highest BCUT2D eigenvalue weighted by Gasteiger charge is 1.83. The Bertz CT molecular complexity index is 325. The van der Waals surface area contributed by atoms with Gasteiger partial charge in [0.15, 0.2) is 0 Å². The molecule has 0 unspecified atom stereocenters. The third kappa shape index (κ3) is 12.6. The molecule has 0 radical (unpaired) electrons. The Morgan fingerprint density at radius 3 is 1.88 bits per heavy atom. The Morgan fingerprint density at radius 1 is 0.625 bits per heavy atom. The minimum Gasteiger partial charge on any atom is -0.396 e. The zero-order valence-corrected chi connectivity index (χ0v) is 9.55. The Balaban J connectivity index is 3.39. The summed E-state index contributed by atoms with van der Waals surface area (Å²) in [6, 6.07) is 0. The number of hydrogen-bond donors (Lipinski definition) is 2. The van der Waals surface area contributed by atoms with Crippen molar-refractivity contribution < 1.29 is 10.2 Å². The van der Waals surface area contributed by atoms with Crippen molar-refractivity contribution in [1.82, 2.24) is 0 Å². The molecular formula is C14H18O2. The summed E-state index contributed by atoms with van der Waals surface area (Å²) in [5.74, 6) is 17.0. The normalized spacial score (nSPS) is 7.88. The summed E-state index contributed by atoms with van der Waals surface area (Å²) in [7, 11) is 0. The maximum absolute atomic E-state index is 8.55. The van der Waals surface area contributed by atoms with E-state index in [9.17, 15) is 0 Å². The number of aliphatic hydroxyl groups is 2. The summed E-state index contributed by atoms with van der Waals surface area (Å²) in [5.41, 5.74) is 0. The fraction of sp³-hybridized carbons (Fsp3) is 0.571. The first-order valence-electron chi connectivity index (χ1n) is 5.50. The molecule has 0 aliphatic rings. The highest BCUT2D eigenvalue weighted by Crippen LogP contribution is 1.97. The fourth-order valence-corrected chi connectivity index (χ4v) is 0.985. The third-order valence-corrected chi connectivity index (χ3v) is 1.77. The third-order valence-electron chi connectivity index (χ3n) is 1.77. The van der Waals surface area contributed by atoms with Crippen LogP contribution in [0.15, 0.2) is 0 Å². The summed E-state index contributed by atoms with van der Waals surface area (Å²) < 4.78 is 0. The molecule has 0 aromatic heterocycles. The molecule has 2 heteroatoms. The van der Waals surface area contributed by atoms with E-state index in [1.807, 2.05) is 0 Å². The standard InChI is InChI=1S/C14H18O2/c15-13-11-9-7-5-3-1-2-4-6-8-10-12-14-16/h15-16H,1,6-8,10,12-14H2. The van der Waals surface area contributed by atoms with Crippen LogP contribution in [0.1, 0.15) is 38.5 Å². The Morgan fingerprint density at radius 2 is 1.25 bits per heavy atom. The Hall–Kier alpha value is -1.40. The summed E-state index contributed by atoms with van der Waals surface area (Å²) >= 11 is 0. The molecule has 2 nitrogen and oxygen atoms in total. The van der Waals surface area contributed by atoms with Crippen molar-refractivity contribution in [2.24, 2.45) is 0 Å². The Labute approximate surface area is 98.1 Å². The molecule has 0 saturated carbocycles.